The molecule has 1 aliphatic heterocycles. The van der Waals surface area contributed by atoms with E-state index in [1.807, 2.05) is 13.8 Å². The summed E-state index contributed by atoms with van der Waals surface area (Å²) in [6, 6.07) is 3.77. The van der Waals surface area contributed by atoms with Crippen molar-refractivity contribution in [1.82, 2.24) is 5.32 Å². The third-order valence-corrected chi connectivity index (χ3v) is 5.18. The second-order valence-electron chi connectivity index (χ2n) is 7.60. The molecule has 0 unspecified atom stereocenters. The topological polar surface area (TPSA) is 100 Å². The molecule has 9 heteroatoms. The summed E-state index contributed by atoms with van der Waals surface area (Å²) in [5.41, 5.74) is -2.39. The predicted octanol–water partition coefficient (Wildman–Crippen LogP) is 3.26. The van der Waals surface area contributed by atoms with E-state index in [0.717, 1.165) is 0 Å². The molecule has 3 N–H and O–H groups in total. The van der Waals surface area contributed by atoms with E-state index in [1.54, 1.807) is 19.1 Å². The Balaban J connectivity index is 1.72. The molecule has 0 radical (unpaired) electrons. The molecular weight excluding hydrogens is 396 g/mol. The van der Waals surface area contributed by atoms with Gasteiger partial charge in [0.25, 0.3) is 16.8 Å². The third kappa shape index (κ3) is 3.06. The van der Waals surface area contributed by atoms with Crippen LogP contribution in [0.1, 0.15) is 47.3 Å². The highest BCUT2D eigenvalue weighted by molar-refractivity contribution is 6.04. The van der Waals surface area contributed by atoms with Crippen molar-refractivity contribution in [3.05, 3.63) is 72.9 Å². The average molecular weight is 415 g/mol. The van der Waals surface area contributed by atoms with Gasteiger partial charge in [-0.05, 0) is 25.0 Å². The number of aryl methyl sites for hydroxylation is 1. The molecule has 3 aromatic rings. The lowest BCUT2D eigenvalue weighted by atomic mass is 10.00. The minimum Gasteiger partial charge on any atom is -0.464 e. The Morgan fingerprint density at radius 2 is 1.73 bits per heavy atom. The van der Waals surface area contributed by atoms with E-state index in [-0.39, 0.29) is 40.7 Å². The van der Waals surface area contributed by atoms with Crippen LogP contribution in [0.5, 0.6) is 0 Å². The van der Waals surface area contributed by atoms with E-state index in [0.29, 0.717) is 17.6 Å². The molecule has 0 saturated carbocycles. The molecule has 1 aromatic heterocycles. The highest BCUT2D eigenvalue weighted by Crippen LogP contribution is 2.35. The number of fused-ring (bicyclic) bond motifs is 1. The van der Waals surface area contributed by atoms with E-state index in [1.165, 1.54) is 0 Å². The maximum atomic E-state index is 14.5. The largest absolute Gasteiger partial charge is 0.464 e. The molecule has 7 nitrogen and oxygen atoms in total. The van der Waals surface area contributed by atoms with Gasteiger partial charge in [0.1, 0.15) is 34.5 Å². The van der Waals surface area contributed by atoms with Gasteiger partial charge in [-0.2, -0.15) is 0 Å². The number of carbonyl (C=O) groups excluding carboxylic acids is 1. The molecule has 0 aliphatic carbocycles. The molecule has 2 aromatic carbocycles. The van der Waals surface area contributed by atoms with Crippen molar-refractivity contribution in [2.24, 2.45) is 5.92 Å². The zero-order valence-corrected chi connectivity index (χ0v) is 16.5. The van der Waals surface area contributed by atoms with Gasteiger partial charge < -0.3 is 20.4 Å². The second kappa shape index (κ2) is 7.08. The van der Waals surface area contributed by atoms with Crippen molar-refractivity contribution >= 4 is 23.0 Å². The van der Waals surface area contributed by atoms with Gasteiger partial charge in [0.15, 0.2) is 0 Å². The highest BCUT2D eigenvalue weighted by Gasteiger charge is 2.32. The van der Waals surface area contributed by atoms with Gasteiger partial charge in [-0.15, -0.1) is 0 Å². The standard InChI is InChI=1S/C21H19F2N3O4/c1-8(2)15(13-5-4-9(3)30-13)25-17-18(20(28)19(17)27)26-16-12(23)6-11(22)10-7-24-21(29)14(10)16/h4-6,8,15,25-26H,7H2,1-3H3,(H,24,29)/t15-/m1/s1. The Labute approximate surface area is 169 Å². The van der Waals surface area contributed by atoms with E-state index in [4.69, 9.17) is 4.42 Å². The van der Waals surface area contributed by atoms with Crippen LogP contribution < -0.4 is 26.8 Å². The quantitative estimate of drug-likeness (QED) is 0.535. The van der Waals surface area contributed by atoms with Crippen molar-refractivity contribution in [2.75, 3.05) is 10.6 Å². The van der Waals surface area contributed by atoms with Crippen LogP contribution >= 0.6 is 0 Å². The Morgan fingerprint density at radius 1 is 1.03 bits per heavy atom. The highest BCUT2D eigenvalue weighted by atomic mass is 19.1. The summed E-state index contributed by atoms with van der Waals surface area (Å²) in [7, 11) is 0. The number of hydrogen-bond acceptors (Lipinski definition) is 6. The van der Waals surface area contributed by atoms with Gasteiger partial charge in [0.05, 0.1) is 17.3 Å². The Hall–Kier alpha value is -3.49. The first-order chi connectivity index (χ1) is 14.2. The van der Waals surface area contributed by atoms with Crippen LogP contribution in [0, 0.1) is 24.5 Å². The minimum absolute atomic E-state index is 0.00299. The molecule has 0 spiro atoms. The monoisotopic (exact) mass is 415 g/mol. The molecule has 1 aliphatic rings. The second-order valence-corrected chi connectivity index (χ2v) is 7.60. The van der Waals surface area contributed by atoms with Crippen LogP contribution in [0.15, 0.2) is 32.2 Å². The van der Waals surface area contributed by atoms with Crippen molar-refractivity contribution < 1.29 is 18.0 Å². The summed E-state index contributed by atoms with van der Waals surface area (Å²) in [5.74, 6) is -1.30. The summed E-state index contributed by atoms with van der Waals surface area (Å²) in [6.07, 6.45) is 0. The van der Waals surface area contributed by atoms with Crippen LogP contribution in [-0.4, -0.2) is 5.91 Å². The molecule has 30 heavy (non-hydrogen) atoms. The number of rotatable bonds is 6. The molecule has 0 bridgehead atoms. The molecule has 1 amide bonds. The number of benzene rings is 1. The lowest BCUT2D eigenvalue weighted by Crippen LogP contribution is -2.38. The molecule has 1 atom stereocenters. The number of furan rings is 1. The van der Waals surface area contributed by atoms with Crippen molar-refractivity contribution in [1.29, 1.82) is 0 Å². The first-order valence-electron chi connectivity index (χ1n) is 9.41. The maximum Gasteiger partial charge on any atom is 0.254 e. The van der Waals surface area contributed by atoms with Crippen molar-refractivity contribution in [3.8, 4) is 0 Å². The Morgan fingerprint density at radius 3 is 2.37 bits per heavy atom. The summed E-state index contributed by atoms with van der Waals surface area (Å²) < 4.78 is 34.1. The summed E-state index contributed by atoms with van der Waals surface area (Å²) >= 11 is 0. The number of carbonyl (C=O) groups is 1. The SMILES string of the molecule is Cc1ccc([C@H](Nc2c(Nc3c(F)cc(F)c4c3C(=O)NC4)c(=O)c2=O)C(C)C)o1. The number of hydrogen-bond donors (Lipinski definition) is 3. The van der Waals surface area contributed by atoms with Gasteiger partial charge in [0.2, 0.25) is 0 Å². The van der Waals surface area contributed by atoms with Crippen molar-refractivity contribution in [3.63, 3.8) is 0 Å². The van der Waals surface area contributed by atoms with Crippen LogP contribution in [0.3, 0.4) is 0 Å². The smallest absolute Gasteiger partial charge is 0.254 e. The fourth-order valence-corrected chi connectivity index (χ4v) is 3.58. The van der Waals surface area contributed by atoms with Gasteiger partial charge >= 0.3 is 0 Å². The number of anilines is 3. The Kier molecular flexibility index (Phi) is 4.68. The Bertz CT molecular complexity index is 1240. The van der Waals surface area contributed by atoms with Gasteiger partial charge in [0, 0.05) is 18.2 Å². The van der Waals surface area contributed by atoms with Crippen LogP contribution in [0.4, 0.5) is 25.8 Å². The molecule has 156 valence electrons. The summed E-state index contributed by atoms with van der Waals surface area (Å²) in [6.45, 7) is 5.52. The van der Waals surface area contributed by atoms with Crippen LogP contribution in [0.2, 0.25) is 0 Å². The van der Waals surface area contributed by atoms with Gasteiger partial charge in [-0.1, -0.05) is 13.8 Å². The molecule has 0 fully saturated rings. The fourth-order valence-electron chi connectivity index (χ4n) is 3.58. The number of halogens is 2. The van der Waals surface area contributed by atoms with Crippen LogP contribution in [0.25, 0.3) is 0 Å². The maximum absolute atomic E-state index is 14.5. The van der Waals surface area contributed by atoms with Crippen molar-refractivity contribution in [2.45, 2.75) is 33.4 Å². The van der Waals surface area contributed by atoms with Crippen LogP contribution in [-0.2, 0) is 6.54 Å². The minimum atomic E-state index is -1.04. The summed E-state index contributed by atoms with van der Waals surface area (Å²) in [5, 5.41) is 7.97. The molecule has 2 heterocycles. The lowest BCUT2D eigenvalue weighted by Gasteiger charge is -2.24. The third-order valence-electron chi connectivity index (χ3n) is 5.18. The lowest BCUT2D eigenvalue weighted by molar-refractivity contribution is 0.0966. The zero-order valence-electron chi connectivity index (χ0n) is 16.5. The fraction of sp³-hybridized carbons (Fsp3) is 0.286. The molecule has 4 rings (SSSR count). The zero-order chi connectivity index (χ0) is 21.7. The van der Waals surface area contributed by atoms with Gasteiger partial charge in [-0.25, -0.2) is 8.78 Å². The average Bonchev–Trinajstić information content (AvgIpc) is 3.29. The number of nitrogens with one attached hydrogen (secondary N) is 3. The molecule has 0 saturated heterocycles. The summed E-state index contributed by atoms with van der Waals surface area (Å²) in [4.78, 5) is 36.5. The van der Waals surface area contributed by atoms with E-state index < -0.39 is 34.4 Å². The first-order valence-corrected chi connectivity index (χ1v) is 9.41. The predicted molar refractivity (Wildman–Crippen MR) is 107 cm³/mol. The van der Waals surface area contributed by atoms with E-state index >= 15 is 0 Å². The number of amides is 1. The molecular formula is C21H19F2N3O4. The van der Waals surface area contributed by atoms with E-state index in [9.17, 15) is 23.2 Å². The first kappa shape index (κ1) is 19.8. The normalized spacial score (nSPS) is 14.1. The van der Waals surface area contributed by atoms with E-state index in [2.05, 4.69) is 16.0 Å². The van der Waals surface area contributed by atoms with Gasteiger partial charge in [-0.3, -0.25) is 14.4 Å².